The normalized spacial score (nSPS) is 14.0. The molecule has 0 aromatic rings. The molecule has 0 saturated carbocycles. The fourth-order valence-electron chi connectivity index (χ4n) is 2.12. The first kappa shape index (κ1) is 22.2. The van der Waals surface area contributed by atoms with Crippen molar-refractivity contribution in [3.63, 3.8) is 0 Å². The SMILES string of the molecule is C=CNCC[CH2][Sn]([O]C(C)(C)C)([O]C(C)(C)C)[O]C(C)(C)C. The Hall–Kier alpha value is 0.219. The van der Waals surface area contributed by atoms with Crippen molar-refractivity contribution in [2.75, 3.05) is 6.54 Å². The Balaban J connectivity index is 5.33. The molecule has 4 nitrogen and oxygen atoms in total. The van der Waals surface area contributed by atoms with Crippen molar-refractivity contribution in [3.05, 3.63) is 12.8 Å². The van der Waals surface area contributed by atoms with Crippen LogP contribution < -0.4 is 5.32 Å². The summed E-state index contributed by atoms with van der Waals surface area (Å²) in [4.78, 5) is 0. The van der Waals surface area contributed by atoms with Crippen LogP contribution in [0.1, 0.15) is 68.7 Å². The molecule has 22 heavy (non-hydrogen) atoms. The predicted octanol–water partition coefficient (Wildman–Crippen LogP) is 4.49. The van der Waals surface area contributed by atoms with Gasteiger partial charge in [-0.25, -0.2) is 0 Å². The Labute approximate surface area is 143 Å². The van der Waals surface area contributed by atoms with E-state index in [0.29, 0.717) is 0 Å². The van der Waals surface area contributed by atoms with E-state index >= 15 is 0 Å². The first-order valence-electron chi connectivity index (χ1n) is 8.13. The van der Waals surface area contributed by atoms with Gasteiger partial charge in [-0.3, -0.25) is 0 Å². The summed E-state index contributed by atoms with van der Waals surface area (Å²) < 4.78 is 20.3. The third-order valence-corrected chi connectivity index (χ3v) is 13.0. The Kier molecular flexibility index (Phi) is 8.44. The van der Waals surface area contributed by atoms with E-state index in [1.165, 1.54) is 0 Å². The molecule has 0 unspecified atom stereocenters. The van der Waals surface area contributed by atoms with Gasteiger partial charge in [-0.15, -0.1) is 0 Å². The molecule has 0 rings (SSSR count). The summed E-state index contributed by atoms with van der Waals surface area (Å²) in [6.07, 6.45) is 2.67. The van der Waals surface area contributed by atoms with E-state index in [0.717, 1.165) is 17.4 Å². The van der Waals surface area contributed by atoms with Gasteiger partial charge in [0.25, 0.3) is 0 Å². The molecule has 0 aromatic heterocycles. The molecule has 0 spiro atoms. The van der Waals surface area contributed by atoms with Gasteiger partial charge in [0.1, 0.15) is 0 Å². The van der Waals surface area contributed by atoms with Gasteiger partial charge in [-0.2, -0.15) is 0 Å². The molecule has 132 valence electrons. The number of hydrogen-bond donors (Lipinski definition) is 1. The van der Waals surface area contributed by atoms with Crippen LogP contribution in [0, 0.1) is 0 Å². The summed E-state index contributed by atoms with van der Waals surface area (Å²) in [5.41, 5.74) is -0.838. The van der Waals surface area contributed by atoms with Gasteiger partial charge >= 0.3 is 143 Å². The van der Waals surface area contributed by atoms with Gasteiger partial charge in [0.15, 0.2) is 0 Å². The molecule has 0 bridgehead atoms. The van der Waals surface area contributed by atoms with Crippen molar-refractivity contribution in [2.24, 2.45) is 0 Å². The van der Waals surface area contributed by atoms with Crippen LogP contribution in [0.2, 0.25) is 4.44 Å². The van der Waals surface area contributed by atoms with E-state index in [1.54, 1.807) is 6.20 Å². The van der Waals surface area contributed by atoms with Crippen LogP contribution >= 0.6 is 0 Å². The molecular formula is C17H37NO3Sn. The van der Waals surface area contributed by atoms with Gasteiger partial charge in [0.05, 0.1) is 0 Å². The zero-order valence-electron chi connectivity index (χ0n) is 16.1. The Morgan fingerprint density at radius 1 is 0.818 bits per heavy atom. The van der Waals surface area contributed by atoms with Gasteiger partial charge in [0.2, 0.25) is 0 Å². The van der Waals surface area contributed by atoms with Gasteiger partial charge in [-0.1, -0.05) is 0 Å². The van der Waals surface area contributed by atoms with Gasteiger partial charge in [-0.05, 0) is 0 Å². The summed E-state index contributed by atoms with van der Waals surface area (Å²) in [6.45, 7) is 23.2. The fraction of sp³-hybridized carbons (Fsp3) is 0.882. The maximum absolute atomic E-state index is 6.47. The first-order valence-corrected chi connectivity index (χ1v) is 13.6. The average molecular weight is 422 g/mol. The summed E-state index contributed by atoms with van der Waals surface area (Å²) in [6, 6.07) is 0. The van der Waals surface area contributed by atoms with Crippen molar-refractivity contribution < 1.29 is 9.22 Å². The summed E-state index contributed by atoms with van der Waals surface area (Å²) >= 11 is -3.72. The second-order valence-electron chi connectivity index (χ2n) is 8.59. The second kappa shape index (κ2) is 8.36. The molecular weight excluding hydrogens is 385 g/mol. The van der Waals surface area contributed by atoms with Crippen molar-refractivity contribution in [1.82, 2.24) is 5.32 Å². The average Bonchev–Trinajstić information content (AvgIpc) is 2.16. The number of hydrogen-bond acceptors (Lipinski definition) is 4. The number of rotatable bonds is 8. The Bertz CT molecular complexity index is 296. The molecule has 0 aromatic carbocycles. The van der Waals surface area contributed by atoms with Gasteiger partial charge < -0.3 is 0 Å². The summed E-state index contributed by atoms with van der Waals surface area (Å²) in [5, 5.41) is 3.14. The maximum atomic E-state index is 6.47. The van der Waals surface area contributed by atoms with Crippen molar-refractivity contribution >= 4 is 19.6 Å². The van der Waals surface area contributed by atoms with E-state index in [-0.39, 0.29) is 16.8 Å². The topological polar surface area (TPSA) is 39.7 Å². The van der Waals surface area contributed by atoms with E-state index in [4.69, 9.17) is 9.22 Å². The zero-order valence-corrected chi connectivity index (χ0v) is 19.0. The molecule has 0 radical (unpaired) electrons. The standard InChI is InChI=1S/C5H10N.3C4H9O.Sn/c1-3-5-6-4-2;3*1-4(2,3)5;/h4,6H,1-3,5H2;3*1-3H3;/q;3*-1;+3. The van der Waals surface area contributed by atoms with Crippen LogP contribution in [-0.4, -0.2) is 43.0 Å². The molecule has 0 aliphatic carbocycles. The summed E-state index contributed by atoms with van der Waals surface area (Å²) in [7, 11) is 0. The van der Waals surface area contributed by atoms with Crippen molar-refractivity contribution in [1.29, 1.82) is 0 Å². The molecule has 1 N–H and O–H groups in total. The predicted molar refractivity (Wildman–Crippen MR) is 95.9 cm³/mol. The van der Waals surface area contributed by atoms with Crippen molar-refractivity contribution in [3.8, 4) is 0 Å². The number of nitrogens with one attached hydrogen (secondary N) is 1. The Morgan fingerprint density at radius 3 is 1.45 bits per heavy atom. The Morgan fingerprint density at radius 2 is 1.18 bits per heavy atom. The van der Waals surface area contributed by atoms with E-state index in [9.17, 15) is 0 Å². The fourth-order valence-corrected chi connectivity index (χ4v) is 13.1. The van der Waals surface area contributed by atoms with Crippen LogP contribution in [0.4, 0.5) is 0 Å². The second-order valence-corrected chi connectivity index (χ2v) is 15.7. The molecule has 0 aliphatic rings. The van der Waals surface area contributed by atoms with Crippen LogP contribution in [0.5, 0.6) is 0 Å². The molecule has 5 heteroatoms. The quantitative estimate of drug-likeness (QED) is 0.462. The minimum atomic E-state index is -3.72. The molecule has 0 saturated heterocycles. The van der Waals surface area contributed by atoms with Crippen LogP contribution in [0.25, 0.3) is 0 Å². The molecule has 0 aliphatic heterocycles. The minimum absolute atomic E-state index is 0.279. The van der Waals surface area contributed by atoms with E-state index < -0.39 is 19.6 Å². The van der Waals surface area contributed by atoms with E-state index in [2.05, 4.69) is 74.2 Å². The molecule has 0 atom stereocenters. The van der Waals surface area contributed by atoms with Gasteiger partial charge in [0, 0.05) is 0 Å². The summed E-state index contributed by atoms with van der Waals surface area (Å²) in [5.74, 6) is 0. The molecule has 0 fully saturated rings. The zero-order chi connectivity index (χ0) is 17.7. The van der Waals surface area contributed by atoms with Crippen LogP contribution in [0.15, 0.2) is 12.8 Å². The van der Waals surface area contributed by atoms with Crippen LogP contribution in [-0.2, 0) is 9.22 Å². The third kappa shape index (κ3) is 11.7. The third-order valence-electron chi connectivity index (χ3n) is 2.33. The molecule has 0 amide bonds. The monoisotopic (exact) mass is 423 g/mol. The molecule has 0 heterocycles. The first-order chi connectivity index (χ1) is 9.68. The van der Waals surface area contributed by atoms with E-state index in [1.807, 2.05) is 0 Å². The van der Waals surface area contributed by atoms with Crippen molar-refractivity contribution in [2.45, 2.75) is 90.0 Å². The van der Waals surface area contributed by atoms with Crippen LogP contribution in [0.3, 0.4) is 0 Å².